The molecule has 1 aliphatic rings. The van der Waals surface area contributed by atoms with Crippen LogP contribution in [0.25, 0.3) is 0 Å². The van der Waals surface area contributed by atoms with Gasteiger partial charge < -0.3 is 0 Å². The number of alkyl halides is 1. The van der Waals surface area contributed by atoms with E-state index < -0.39 is 0 Å². The summed E-state index contributed by atoms with van der Waals surface area (Å²) in [5.41, 5.74) is 1.61. The van der Waals surface area contributed by atoms with Gasteiger partial charge in [0, 0.05) is 5.33 Å². The van der Waals surface area contributed by atoms with E-state index in [1.165, 1.54) is 38.5 Å². The second-order valence-electron chi connectivity index (χ2n) is 2.95. The van der Waals surface area contributed by atoms with E-state index in [0.717, 1.165) is 5.33 Å². The van der Waals surface area contributed by atoms with Crippen molar-refractivity contribution >= 4 is 15.9 Å². The second-order valence-corrected chi connectivity index (χ2v) is 3.51. The first-order valence-corrected chi connectivity index (χ1v) is 5.29. The van der Waals surface area contributed by atoms with Gasteiger partial charge >= 0.3 is 0 Å². The van der Waals surface area contributed by atoms with Crippen LogP contribution in [-0.4, -0.2) is 5.33 Å². The molecule has 10 heavy (non-hydrogen) atoms. The van der Waals surface area contributed by atoms with Crippen LogP contribution in [-0.2, 0) is 0 Å². The quantitative estimate of drug-likeness (QED) is 0.450. The molecule has 0 aliphatic heterocycles. The molecule has 1 heteroatoms. The predicted molar refractivity (Wildman–Crippen MR) is 49.6 cm³/mol. The molecule has 0 bridgehead atoms. The van der Waals surface area contributed by atoms with E-state index in [9.17, 15) is 0 Å². The van der Waals surface area contributed by atoms with Crippen molar-refractivity contribution in [3.63, 3.8) is 0 Å². The molecule has 0 aromatic carbocycles. The lowest BCUT2D eigenvalue weighted by Crippen LogP contribution is -1.90. The van der Waals surface area contributed by atoms with Gasteiger partial charge in [-0.25, -0.2) is 0 Å². The van der Waals surface area contributed by atoms with Crippen LogP contribution >= 0.6 is 15.9 Å². The molecule has 0 atom stereocenters. The zero-order valence-corrected chi connectivity index (χ0v) is 7.99. The van der Waals surface area contributed by atoms with Gasteiger partial charge in [-0.2, -0.15) is 0 Å². The number of hydrogen-bond acceptors (Lipinski definition) is 0. The first kappa shape index (κ1) is 8.32. The molecule has 0 radical (unpaired) electrons. The Labute approximate surface area is 71.8 Å². The Morgan fingerprint density at radius 1 is 1.20 bits per heavy atom. The summed E-state index contributed by atoms with van der Waals surface area (Å²) in [5, 5.41) is 1.09. The van der Waals surface area contributed by atoms with Crippen molar-refractivity contribution < 1.29 is 0 Å². The maximum absolute atomic E-state index is 3.50. The highest BCUT2D eigenvalue weighted by molar-refractivity contribution is 9.09. The summed E-state index contributed by atoms with van der Waals surface area (Å²) in [5.74, 6) is 0. The third kappa shape index (κ3) is 2.87. The van der Waals surface area contributed by atoms with Crippen molar-refractivity contribution in [2.24, 2.45) is 0 Å². The largest absolute Gasteiger partial charge is 0.0880 e. The number of halogens is 1. The molecule has 0 aromatic rings. The Balaban J connectivity index is 2.35. The molecule has 1 rings (SSSR count). The first-order valence-electron chi connectivity index (χ1n) is 4.17. The third-order valence-electron chi connectivity index (χ3n) is 2.06. The Morgan fingerprint density at radius 2 is 2.00 bits per heavy atom. The third-order valence-corrected chi connectivity index (χ3v) is 2.78. The van der Waals surface area contributed by atoms with Gasteiger partial charge in [-0.3, -0.25) is 0 Å². The zero-order valence-electron chi connectivity index (χ0n) is 6.41. The van der Waals surface area contributed by atoms with E-state index in [4.69, 9.17) is 0 Å². The second kappa shape index (κ2) is 4.95. The molecule has 0 N–H and O–H groups in total. The summed E-state index contributed by atoms with van der Waals surface area (Å²) in [6, 6.07) is 0. The predicted octanol–water partition coefficient (Wildman–Crippen LogP) is 3.66. The van der Waals surface area contributed by atoms with Crippen LogP contribution in [0.3, 0.4) is 0 Å². The smallest absolute Gasteiger partial charge is 0.0241 e. The van der Waals surface area contributed by atoms with Gasteiger partial charge in [-0.1, -0.05) is 40.4 Å². The van der Waals surface area contributed by atoms with Crippen molar-refractivity contribution in [1.29, 1.82) is 0 Å². The molecule has 0 aromatic heterocycles. The lowest BCUT2D eigenvalue weighted by molar-refractivity contribution is 0.626. The first-order chi connectivity index (χ1) is 4.93. The highest BCUT2D eigenvalue weighted by atomic mass is 79.9. The molecular formula is C9H15Br. The molecule has 0 spiro atoms. The molecular weight excluding hydrogens is 188 g/mol. The lowest BCUT2D eigenvalue weighted by atomic mass is 10.0. The van der Waals surface area contributed by atoms with Crippen LogP contribution < -0.4 is 0 Å². The van der Waals surface area contributed by atoms with Gasteiger partial charge in [-0.05, 0) is 25.7 Å². The van der Waals surface area contributed by atoms with Crippen molar-refractivity contribution in [3.8, 4) is 0 Å². The number of hydrogen-bond donors (Lipinski definition) is 0. The normalized spacial score (nSPS) is 26.3. The highest BCUT2D eigenvalue weighted by Gasteiger charge is 1.99. The van der Waals surface area contributed by atoms with E-state index in [0.29, 0.717) is 0 Å². The van der Waals surface area contributed by atoms with E-state index in [1.54, 1.807) is 5.57 Å². The van der Waals surface area contributed by atoms with Crippen molar-refractivity contribution in [2.75, 3.05) is 5.33 Å². The molecule has 0 saturated heterocycles. The van der Waals surface area contributed by atoms with Gasteiger partial charge in [0.1, 0.15) is 0 Å². The maximum atomic E-state index is 3.50. The average Bonchev–Trinajstić information content (AvgIpc) is 1.87. The maximum Gasteiger partial charge on any atom is 0.0241 e. The fraction of sp³-hybridized carbons (Fsp3) is 0.778. The van der Waals surface area contributed by atoms with Gasteiger partial charge in [-0.15, -0.1) is 0 Å². The van der Waals surface area contributed by atoms with Crippen molar-refractivity contribution in [1.82, 2.24) is 0 Å². The summed E-state index contributed by atoms with van der Waals surface area (Å²) in [4.78, 5) is 0. The molecule has 58 valence electrons. The molecule has 0 saturated carbocycles. The van der Waals surface area contributed by atoms with E-state index in [-0.39, 0.29) is 0 Å². The number of rotatable bonds is 1. The molecule has 0 unspecified atom stereocenters. The van der Waals surface area contributed by atoms with Crippen molar-refractivity contribution in [2.45, 2.75) is 38.5 Å². The molecule has 0 fully saturated rings. The van der Waals surface area contributed by atoms with Crippen LogP contribution in [0.4, 0.5) is 0 Å². The molecule has 0 nitrogen and oxygen atoms in total. The minimum absolute atomic E-state index is 1.09. The van der Waals surface area contributed by atoms with Crippen LogP contribution in [0, 0.1) is 0 Å². The summed E-state index contributed by atoms with van der Waals surface area (Å²) >= 11 is 3.50. The topological polar surface area (TPSA) is 0 Å². The Kier molecular flexibility index (Phi) is 4.12. The summed E-state index contributed by atoms with van der Waals surface area (Å²) in [6.07, 6.45) is 10.7. The Hall–Kier alpha value is 0.220. The minimum Gasteiger partial charge on any atom is -0.0880 e. The van der Waals surface area contributed by atoms with Gasteiger partial charge in [0.25, 0.3) is 0 Å². The fourth-order valence-electron chi connectivity index (χ4n) is 1.38. The van der Waals surface area contributed by atoms with E-state index in [2.05, 4.69) is 22.0 Å². The number of allylic oxidation sites excluding steroid dienone is 2. The zero-order chi connectivity index (χ0) is 7.23. The summed E-state index contributed by atoms with van der Waals surface area (Å²) in [6.45, 7) is 0. The highest BCUT2D eigenvalue weighted by Crippen LogP contribution is 2.17. The fourth-order valence-corrected chi connectivity index (χ4v) is 1.89. The minimum atomic E-state index is 1.09. The molecule has 0 heterocycles. The van der Waals surface area contributed by atoms with Crippen LogP contribution in [0.15, 0.2) is 11.6 Å². The van der Waals surface area contributed by atoms with Crippen LogP contribution in [0.5, 0.6) is 0 Å². The van der Waals surface area contributed by atoms with Gasteiger partial charge in [0.05, 0.1) is 0 Å². The molecule has 0 amide bonds. The van der Waals surface area contributed by atoms with Crippen molar-refractivity contribution in [3.05, 3.63) is 11.6 Å². The van der Waals surface area contributed by atoms with E-state index >= 15 is 0 Å². The monoisotopic (exact) mass is 202 g/mol. The van der Waals surface area contributed by atoms with E-state index in [1.807, 2.05) is 0 Å². The van der Waals surface area contributed by atoms with Gasteiger partial charge in [0.15, 0.2) is 0 Å². The summed E-state index contributed by atoms with van der Waals surface area (Å²) in [7, 11) is 0. The van der Waals surface area contributed by atoms with Crippen LogP contribution in [0.1, 0.15) is 38.5 Å². The SMILES string of the molecule is BrC/C1=C/CCCCCC1. The van der Waals surface area contributed by atoms with Gasteiger partial charge in [0.2, 0.25) is 0 Å². The van der Waals surface area contributed by atoms with Crippen LogP contribution in [0.2, 0.25) is 0 Å². The standard InChI is InChI=1S/C9H15Br/c10-8-9-6-4-2-1-3-5-7-9/h6H,1-5,7-8H2/b9-6+. The molecule has 1 aliphatic carbocycles. The lowest BCUT2D eigenvalue weighted by Gasteiger charge is -2.07. The average molecular weight is 203 g/mol. The Morgan fingerprint density at radius 3 is 2.80 bits per heavy atom. The Bertz CT molecular complexity index is 116. The summed E-state index contributed by atoms with van der Waals surface area (Å²) < 4.78 is 0.